The first-order valence-electron chi connectivity index (χ1n) is 13.8. The van der Waals surface area contributed by atoms with Crippen molar-refractivity contribution in [1.29, 1.82) is 0 Å². The molecule has 208 valence electrons. The molecular weight excluding hydrogens is 534 g/mol. The van der Waals surface area contributed by atoms with Crippen molar-refractivity contribution in [3.63, 3.8) is 0 Å². The molecule has 9 heteroatoms. The minimum Gasteiger partial charge on any atom is -0.371 e. The van der Waals surface area contributed by atoms with E-state index in [2.05, 4.69) is 27.3 Å². The van der Waals surface area contributed by atoms with Gasteiger partial charge < -0.3 is 15.1 Å². The zero-order chi connectivity index (χ0) is 27.9. The van der Waals surface area contributed by atoms with Gasteiger partial charge in [0.25, 0.3) is 11.8 Å². The number of carbonyl (C=O) groups excluding carboxylic acids is 2. The first kappa shape index (κ1) is 26.7. The zero-order valence-electron chi connectivity index (χ0n) is 22.1. The summed E-state index contributed by atoms with van der Waals surface area (Å²) in [5, 5.41) is 2.75. The Morgan fingerprint density at radius 1 is 0.925 bits per heavy atom. The topological polar surface area (TPSA) is 65.5 Å². The molecule has 0 bridgehead atoms. The fourth-order valence-corrected chi connectivity index (χ4v) is 6.71. The van der Waals surface area contributed by atoms with Crippen LogP contribution in [0.5, 0.6) is 0 Å². The maximum absolute atomic E-state index is 13.7. The SMILES string of the molecule is O=C(NC1CCc2ccc(C(=O)N3CCC4(CC3)CCN(c3ccncc3)CC4)cc21)c1cc(F)c(F)cc1Cl. The number of fused-ring (bicyclic) bond motifs is 1. The minimum absolute atomic E-state index is 0.00694. The maximum atomic E-state index is 13.7. The molecule has 1 unspecified atom stereocenters. The summed E-state index contributed by atoms with van der Waals surface area (Å²) in [5.41, 5.74) is 3.95. The van der Waals surface area contributed by atoms with E-state index in [0.717, 1.165) is 81.5 Å². The van der Waals surface area contributed by atoms with Crippen LogP contribution in [0.1, 0.15) is 70.0 Å². The first-order chi connectivity index (χ1) is 19.3. The second-order valence-electron chi connectivity index (χ2n) is 11.2. The number of nitrogens with one attached hydrogen (secondary N) is 1. The zero-order valence-corrected chi connectivity index (χ0v) is 22.9. The van der Waals surface area contributed by atoms with Crippen molar-refractivity contribution < 1.29 is 18.4 Å². The smallest absolute Gasteiger partial charge is 0.253 e. The monoisotopic (exact) mass is 564 g/mol. The molecule has 2 amide bonds. The molecule has 0 saturated carbocycles. The molecule has 3 aromatic rings. The molecule has 2 aromatic carbocycles. The summed E-state index contributed by atoms with van der Waals surface area (Å²) < 4.78 is 27.2. The first-order valence-corrected chi connectivity index (χ1v) is 14.2. The number of amides is 2. The molecule has 2 fully saturated rings. The average Bonchev–Trinajstić information content (AvgIpc) is 3.37. The molecule has 3 heterocycles. The van der Waals surface area contributed by atoms with Crippen LogP contribution in [0.15, 0.2) is 54.9 Å². The van der Waals surface area contributed by atoms with Crippen molar-refractivity contribution >= 4 is 29.1 Å². The van der Waals surface area contributed by atoms with E-state index >= 15 is 0 Å². The third kappa shape index (κ3) is 5.17. The lowest BCUT2D eigenvalue weighted by molar-refractivity contribution is 0.0515. The van der Waals surface area contributed by atoms with Crippen LogP contribution in [0, 0.1) is 17.0 Å². The van der Waals surface area contributed by atoms with Gasteiger partial charge in [-0.05, 0) is 91.5 Å². The summed E-state index contributed by atoms with van der Waals surface area (Å²) in [6, 6.07) is 11.1. The number of rotatable bonds is 4. The van der Waals surface area contributed by atoms with Gasteiger partial charge in [-0.1, -0.05) is 17.7 Å². The number of carbonyl (C=O) groups is 2. The molecule has 1 atom stereocenters. The van der Waals surface area contributed by atoms with Gasteiger partial charge in [-0.3, -0.25) is 14.6 Å². The Balaban J connectivity index is 1.09. The second kappa shape index (κ2) is 10.8. The van der Waals surface area contributed by atoms with Gasteiger partial charge in [0.05, 0.1) is 16.6 Å². The van der Waals surface area contributed by atoms with E-state index < -0.39 is 17.5 Å². The van der Waals surface area contributed by atoms with Crippen molar-refractivity contribution in [2.75, 3.05) is 31.1 Å². The second-order valence-corrected chi connectivity index (χ2v) is 11.6. The van der Waals surface area contributed by atoms with Gasteiger partial charge in [-0.25, -0.2) is 8.78 Å². The molecule has 1 spiro atoms. The van der Waals surface area contributed by atoms with Gasteiger partial charge in [0.15, 0.2) is 11.6 Å². The van der Waals surface area contributed by atoms with Crippen molar-refractivity contribution in [2.45, 2.75) is 44.6 Å². The molecule has 1 N–H and O–H groups in total. The molecule has 3 aliphatic rings. The van der Waals surface area contributed by atoms with Crippen LogP contribution in [0.2, 0.25) is 5.02 Å². The number of hydrogen-bond donors (Lipinski definition) is 1. The largest absolute Gasteiger partial charge is 0.371 e. The van der Waals surface area contributed by atoms with E-state index in [-0.39, 0.29) is 28.0 Å². The highest BCUT2D eigenvalue weighted by Crippen LogP contribution is 2.42. The number of halogens is 3. The van der Waals surface area contributed by atoms with Crippen molar-refractivity contribution in [2.24, 2.45) is 5.41 Å². The van der Waals surface area contributed by atoms with E-state index in [1.165, 1.54) is 5.69 Å². The van der Waals surface area contributed by atoms with Crippen molar-refractivity contribution in [1.82, 2.24) is 15.2 Å². The summed E-state index contributed by atoms with van der Waals surface area (Å²) >= 11 is 6.00. The van der Waals surface area contributed by atoms with Gasteiger partial charge >= 0.3 is 0 Å². The van der Waals surface area contributed by atoms with Crippen molar-refractivity contribution in [3.8, 4) is 0 Å². The van der Waals surface area contributed by atoms with E-state index in [1.54, 1.807) is 0 Å². The molecule has 40 heavy (non-hydrogen) atoms. The van der Waals surface area contributed by atoms with E-state index in [9.17, 15) is 18.4 Å². The van der Waals surface area contributed by atoms with Gasteiger partial charge in [-0.15, -0.1) is 0 Å². The molecule has 1 aliphatic carbocycles. The van der Waals surface area contributed by atoms with Crippen LogP contribution in [-0.2, 0) is 6.42 Å². The fourth-order valence-electron chi connectivity index (χ4n) is 6.48. The Labute approximate surface area is 237 Å². The highest BCUT2D eigenvalue weighted by molar-refractivity contribution is 6.33. The van der Waals surface area contributed by atoms with Gasteiger partial charge in [0, 0.05) is 49.8 Å². The van der Waals surface area contributed by atoms with Crippen LogP contribution in [0.4, 0.5) is 14.5 Å². The Bertz CT molecular complexity index is 1430. The van der Waals surface area contributed by atoms with Crippen LogP contribution < -0.4 is 10.2 Å². The summed E-state index contributed by atoms with van der Waals surface area (Å²) in [6.45, 7) is 3.51. The van der Waals surface area contributed by atoms with Crippen LogP contribution in [0.25, 0.3) is 0 Å². The number of nitrogens with zero attached hydrogens (tertiary/aromatic N) is 3. The quantitative estimate of drug-likeness (QED) is 0.398. The standard InChI is InChI=1S/C31H31ClF2N4O2/c32-25-19-27(34)26(33)18-24(25)29(39)36-28-4-3-20-1-2-21(17-23(20)28)30(40)38-15-9-31(10-16-38)7-13-37(14-8-31)22-5-11-35-12-6-22/h1-2,5-6,11-12,17-19,28H,3-4,7-10,13-16H2,(H,36,39). The Hall–Kier alpha value is -3.52. The number of anilines is 1. The van der Waals surface area contributed by atoms with Crippen LogP contribution in [-0.4, -0.2) is 47.9 Å². The van der Waals surface area contributed by atoms with Gasteiger partial charge in [0.1, 0.15) is 0 Å². The number of benzene rings is 2. The molecule has 2 saturated heterocycles. The van der Waals surface area contributed by atoms with Gasteiger partial charge in [-0.2, -0.15) is 0 Å². The third-order valence-corrected chi connectivity index (χ3v) is 9.31. The van der Waals surface area contributed by atoms with E-state index in [0.29, 0.717) is 12.0 Å². The fraction of sp³-hybridized carbons (Fsp3) is 0.387. The summed E-state index contributed by atoms with van der Waals surface area (Å²) in [4.78, 5) is 34.8. The maximum Gasteiger partial charge on any atom is 0.253 e. The molecule has 6 nitrogen and oxygen atoms in total. The summed E-state index contributed by atoms with van der Waals surface area (Å²) in [7, 11) is 0. The molecule has 1 aromatic heterocycles. The summed E-state index contributed by atoms with van der Waals surface area (Å²) in [6.07, 6.45) is 9.33. The molecular formula is C31H31ClF2N4O2. The predicted octanol–water partition coefficient (Wildman–Crippen LogP) is 5.95. The van der Waals surface area contributed by atoms with E-state index in [1.807, 2.05) is 35.5 Å². The Morgan fingerprint density at radius 2 is 1.60 bits per heavy atom. The molecule has 6 rings (SSSR count). The number of aryl methyl sites for hydroxylation is 1. The predicted molar refractivity (Wildman–Crippen MR) is 150 cm³/mol. The lowest BCUT2D eigenvalue weighted by atomic mass is 9.71. The number of aromatic nitrogens is 1. The number of piperidine rings is 2. The highest BCUT2D eigenvalue weighted by atomic mass is 35.5. The highest BCUT2D eigenvalue weighted by Gasteiger charge is 2.39. The lowest BCUT2D eigenvalue weighted by Gasteiger charge is -2.47. The Morgan fingerprint density at radius 3 is 2.33 bits per heavy atom. The molecule has 2 aliphatic heterocycles. The molecule has 0 radical (unpaired) electrons. The lowest BCUT2D eigenvalue weighted by Crippen LogP contribution is -2.48. The summed E-state index contributed by atoms with van der Waals surface area (Å²) in [5.74, 6) is -2.80. The number of hydrogen-bond acceptors (Lipinski definition) is 4. The average molecular weight is 565 g/mol. The number of pyridine rings is 1. The van der Waals surface area contributed by atoms with Crippen LogP contribution >= 0.6 is 11.6 Å². The van der Waals surface area contributed by atoms with Crippen LogP contribution in [0.3, 0.4) is 0 Å². The normalized spacial score (nSPS) is 19.9. The third-order valence-electron chi connectivity index (χ3n) is 8.99. The Kier molecular flexibility index (Phi) is 7.21. The van der Waals surface area contributed by atoms with Gasteiger partial charge in [0.2, 0.25) is 0 Å². The van der Waals surface area contributed by atoms with Crippen molar-refractivity contribution in [3.05, 3.63) is 93.8 Å². The van der Waals surface area contributed by atoms with E-state index in [4.69, 9.17) is 11.6 Å². The minimum atomic E-state index is -1.13. The number of likely N-dealkylation sites (tertiary alicyclic amines) is 1.